The Hall–Kier alpha value is -0.170. The van der Waals surface area contributed by atoms with E-state index in [-0.39, 0.29) is 11.8 Å². The average molecular weight is 193 g/mol. The van der Waals surface area contributed by atoms with Gasteiger partial charge < -0.3 is 5.73 Å². The summed E-state index contributed by atoms with van der Waals surface area (Å²) in [6.07, 6.45) is 0.853. The van der Waals surface area contributed by atoms with Gasteiger partial charge in [-0.1, -0.05) is 0 Å². The monoisotopic (exact) mass is 193 g/mol. The Balaban J connectivity index is 2.43. The Labute approximate surface area is 72.9 Å². The second-order valence-electron chi connectivity index (χ2n) is 2.99. The van der Waals surface area contributed by atoms with E-state index in [9.17, 15) is 8.42 Å². The van der Waals surface area contributed by atoms with E-state index in [1.807, 2.05) is 0 Å². The molecule has 0 radical (unpaired) electrons. The highest BCUT2D eigenvalue weighted by Gasteiger charge is 2.22. The van der Waals surface area contributed by atoms with Crippen molar-refractivity contribution >= 4 is 10.0 Å². The zero-order chi connectivity index (χ0) is 9.19. The quantitative estimate of drug-likeness (QED) is 0.595. The van der Waals surface area contributed by atoms with E-state index in [4.69, 9.17) is 5.73 Å². The van der Waals surface area contributed by atoms with Gasteiger partial charge in [-0.05, 0) is 13.3 Å². The van der Waals surface area contributed by atoms with Gasteiger partial charge in [0, 0.05) is 19.1 Å². The smallest absolute Gasteiger partial charge is 0.224 e. The van der Waals surface area contributed by atoms with Crippen LogP contribution in [-0.2, 0) is 10.0 Å². The first kappa shape index (κ1) is 9.91. The Bertz CT molecular complexity index is 239. The van der Waals surface area contributed by atoms with Gasteiger partial charge in [-0.25, -0.2) is 13.4 Å². The van der Waals surface area contributed by atoms with Crippen LogP contribution in [0.15, 0.2) is 0 Å². The fourth-order valence-corrected chi connectivity index (χ4v) is 1.82. The Morgan fingerprint density at radius 2 is 2.33 bits per heavy atom. The van der Waals surface area contributed by atoms with Crippen LogP contribution in [0.2, 0.25) is 0 Å². The minimum Gasteiger partial charge on any atom is -0.326 e. The highest BCUT2D eigenvalue weighted by molar-refractivity contribution is 7.89. The van der Waals surface area contributed by atoms with E-state index in [0.717, 1.165) is 6.42 Å². The number of nitrogens with one attached hydrogen (secondary N) is 1. The number of nitrogens with two attached hydrogens (primary N) is 1. The predicted octanol–water partition coefficient (Wildman–Crippen LogP) is -1.13. The van der Waals surface area contributed by atoms with E-state index in [1.54, 1.807) is 11.9 Å². The number of hydrogen-bond donors (Lipinski definition) is 2. The Kier molecular flexibility index (Phi) is 3.05. The molecule has 3 N–H and O–H groups in total. The van der Waals surface area contributed by atoms with Crippen molar-refractivity contribution in [2.75, 3.05) is 18.8 Å². The summed E-state index contributed by atoms with van der Waals surface area (Å²) < 4.78 is 22.1. The molecule has 0 spiro atoms. The molecule has 6 heteroatoms. The van der Waals surface area contributed by atoms with Crippen molar-refractivity contribution in [2.45, 2.75) is 19.4 Å². The number of hydrogen-bond acceptors (Lipinski definition) is 4. The standard InChI is InChI=1S/C6H15N3O2S/c1-2-12(10,11)8-9-4-3-6(7)5-9/h6,8H,2-5,7H2,1H3. The van der Waals surface area contributed by atoms with Gasteiger partial charge >= 0.3 is 0 Å². The zero-order valence-corrected chi connectivity index (χ0v) is 7.97. The maximum Gasteiger partial charge on any atom is 0.224 e. The number of hydrazine groups is 1. The number of sulfonamides is 1. The summed E-state index contributed by atoms with van der Waals surface area (Å²) in [6.45, 7) is 2.93. The number of nitrogens with zero attached hydrogens (tertiary/aromatic N) is 1. The molecule has 1 rings (SSSR count). The molecule has 1 atom stereocenters. The summed E-state index contributed by atoms with van der Waals surface area (Å²) in [7, 11) is -3.11. The molecule has 1 aliphatic heterocycles. The third-order valence-corrected chi connectivity index (χ3v) is 3.17. The van der Waals surface area contributed by atoms with Gasteiger partial charge in [-0.15, -0.1) is 4.83 Å². The van der Waals surface area contributed by atoms with Crippen molar-refractivity contribution in [3.05, 3.63) is 0 Å². The van der Waals surface area contributed by atoms with Gasteiger partial charge in [-0.3, -0.25) is 0 Å². The van der Waals surface area contributed by atoms with Gasteiger partial charge in [-0.2, -0.15) is 0 Å². The van der Waals surface area contributed by atoms with Crippen molar-refractivity contribution in [3.8, 4) is 0 Å². The lowest BCUT2D eigenvalue weighted by molar-refractivity contribution is 0.296. The van der Waals surface area contributed by atoms with Crippen molar-refractivity contribution in [1.82, 2.24) is 9.84 Å². The first-order chi connectivity index (χ1) is 5.53. The van der Waals surface area contributed by atoms with Crippen LogP contribution in [0.1, 0.15) is 13.3 Å². The fraction of sp³-hybridized carbons (Fsp3) is 1.00. The van der Waals surface area contributed by atoms with Crippen molar-refractivity contribution in [3.63, 3.8) is 0 Å². The van der Waals surface area contributed by atoms with E-state index in [2.05, 4.69) is 4.83 Å². The van der Waals surface area contributed by atoms with Gasteiger partial charge in [0.15, 0.2) is 0 Å². The first-order valence-electron chi connectivity index (χ1n) is 4.04. The highest BCUT2D eigenvalue weighted by Crippen LogP contribution is 2.04. The Morgan fingerprint density at radius 1 is 1.67 bits per heavy atom. The average Bonchev–Trinajstić information content (AvgIpc) is 2.35. The molecule has 1 aliphatic rings. The second-order valence-corrected chi connectivity index (χ2v) is 4.98. The summed E-state index contributed by atoms with van der Waals surface area (Å²) in [6, 6.07) is 0.101. The molecule has 0 aromatic rings. The van der Waals surface area contributed by atoms with Crippen LogP contribution in [0.25, 0.3) is 0 Å². The van der Waals surface area contributed by atoms with Crippen LogP contribution in [0.4, 0.5) is 0 Å². The van der Waals surface area contributed by atoms with Crippen molar-refractivity contribution in [2.24, 2.45) is 5.73 Å². The van der Waals surface area contributed by atoms with Gasteiger partial charge in [0.05, 0.1) is 5.75 Å². The van der Waals surface area contributed by atoms with Crippen LogP contribution in [0.3, 0.4) is 0 Å². The number of rotatable bonds is 3. The molecular weight excluding hydrogens is 178 g/mol. The van der Waals surface area contributed by atoms with Crippen LogP contribution < -0.4 is 10.6 Å². The second kappa shape index (κ2) is 3.69. The molecule has 5 nitrogen and oxygen atoms in total. The largest absolute Gasteiger partial charge is 0.326 e. The minimum atomic E-state index is -3.11. The van der Waals surface area contributed by atoms with Crippen LogP contribution in [0.5, 0.6) is 0 Å². The molecule has 1 heterocycles. The summed E-state index contributed by atoms with van der Waals surface area (Å²) >= 11 is 0. The predicted molar refractivity (Wildman–Crippen MR) is 46.8 cm³/mol. The molecule has 1 fully saturated rings. The maximum absolute atomic E-state index is 11.1. The fourth-order valence-electron chi connectivity index (χ4n) is 1.13. The first-order valence-corrected chi connectivity index (χ1v) is 5.69. The van der Waals surface area contributed by atoms with Gasteiger partial charge in [0.2, 0.25) is 10.0 Å². The van der Waals surface area contributed by atoms with E-state index < -0.39 is 10.0 Å². The lowest BCUT2D eigenvalue weighted by Crippen LogP contribution is -2.42. The lowest BCUT2D eigenvalue weighted by atomic mass is 10.3. The summed E-state index contributed by atoms with van der Waals surface area (Å²) in [5, 5.41) is 1.66. The van der Waals surface area contributed by atoms with E-state index in [1.165, 1.54) is 0 Å². The van der Waals surface area contributed by atoms with E-state index >= 15 is 0 Å². The molecule has 12 heavy (non-hydrogen) atoms. The third-order valence-electron chi connectivity index (χ3n) is 1.87. The molecule has 0 aromatic carbocycles. The normalized spacial score (nSPS) is 26.3. The molecule has 1 unspecified atom stereocenters. The molecule has 1 saturated heterocycles. The van der Waals surface area contributed by atoms with Gasteiger partial charge in [0.25, 0.3) is 0 Å². The molecule has 0 aliphatic carbocycles. The molecular formula is C6H15N3O2S. The highest BCUT2D eigenvalue weighted by atomic mass is 32.2. The maximum atomic E-state index is 11.1. The topological polar surface area (TPSA) is 75.4 Å². The van der Waals surface area contributed by atoms with Crippen LogP contribution in [0, 0.1) is 0 Å². The molecule has 0 aromatic heterocycles. The summed E-state index contributed by atoms with van der Waals surface area (Å²) in [5.74, 6) is 0.110. The van der Waals surface area contributed by atoms with Gasteiger partial charge in [0.1, 0.15) is 0 Å². The van der Waals surface area contributed by atoms with Crippen molar-refractivity contribution < 1.29 is 8.42 Å². The molecule has 0 saturated carbocycles. The van der Waals surface area contributed by atoms with Crippen LogP contribution in [-0.4, -0.2) is 38.3 Å². The minimum absolute atomic E-state index is 0.101. The summed E-state index contributed by atoms with van der Waals surface area (Å²) in [4.78, 5) is 2.46. The molecule has 0 amide bonds. The van der Waals surface area contributed by atoms with Crippen LogP contribution >= 0.6 is 0 Å². The third kappa shape index (κ3) is 2.71. The zero-order valence-electron chi connectivity index (χ0n) is 7.16. The summed E-state index contributed by atoms with van der Waals surface area (Å²) in [5.41, 5.74) is 5.61. The SMILES string of the molecule is CCS(=O)(=O)NN1CCC(N)C1. The lowest BCUT2D eigenvalue weighted by Gasteiger charge is -2.15. The van der Waals surface area contributed by atoms with Crippen molar-refractivity contribution in [1.29, 1.82) is 0 Å². The molecule has 72 valence electrons. The Morgan fingerprint density at radius 3 is 2.75 bits per heavy atom. The van der Waals surface area contributed by atoms with E-state index in [0.29, 0.717) is 13.1 Å². The molecule has 0 bridgehead atoms.